The van der Waals surface area contributed by atoms with E-state index < -0.39 is 24.4 Å². The fraction of sp³-hybridized carbons (Fsp3) is 0.917. The van der Waals surface area contributed by atoms with Crippen molar-refractivity contribution in [2.75, 3.05) is 26.3 Å². The molecule has 0 heterocycles. The third-order valence-electron chi connectivity index (χ3n) is 1.94. The highest BCUT2D eigenvalue weighted by Crippen LogP contribution is 2.19. The van der Waals surface area contributed by atoms with Crippen molar-refractivity contribution in [3.63, 3.8) is 0 Å². The maximum absolute atomic E-state index is 12.4. The average molecular weight is 285 g/mol. The molecule has 7 heteroatoms. The number of alkyl halides is 3. The number of carbonyl (C=O) groups excluding carboxylic acids is 1. The van der Waals surface area contributed by atoms with Crippen molar-refractivity contribution >= 4 is 6.09 Å². The van der Waals surface area contributed by atoms with Gasteiger partial charge in [-0.2, -0.15) is 13.2 Å². The first-order chi connectivity index (χ1) is 8.55. The van der Waals surface area contributed by atoms with Crippen molar-refractivity contribution in [2.45, 2.75) is 45.9 Å². The molecule has 19 heavy (non-hydrogen) atoms. The van der Waals surface area contributed by atoms with E-state index in [1.165, 1.54) is 0 Å². The SMILES string of the molecule is CCOCCCN(CC(F)(F)F)C(=O)OC(C)(C)C. The number of hydrogen-bond donors (Lipinski definition) is 0. The second-order valence-electron chi connectivity index (χ2n) is 5.07. The van der Waals surface area contributed by atoms with Crippen molar-refractivity contribution in [3.05, 3.63) is 0 Å². The van der Waals surface area contributed by atoms with Crippen molar-refractivity contribution in [1.82, 2.24) is 4.90 Å². The molecule has 0 saturated carbocycles. The van der Waals surface area contributed by atoms with E-state index in [9.17, 15) is 18.0 Å². The number of carbonyl (C=O) groups is 1. The summed E-state index contributed by atoms with van der Waals surface area (Å²) < 4.78 is 47.2. The zero-order chi connectivity index (χ0) is 15.1. The molecule has 1 amide bonds. The van der Waals surface area contributed by atoms with Gasteiger partial charge in [0.15, 0.2) is 0 Å². The third kappa shape index (κ3) is 10.6. The summed E-state index contributed by atoms with van der Waals surface area (Å²) in [5.41, 5.74) is -0.819. The molecule has 0 bridgehead atoms. The second-order valence-corrected chi connectivity index (χ2v) is 5.07. The lowest BCUT2D eigenvalue weighted by Crippen LogP contribution is -2.42. The van der Waals surface area contributed by atoms with Gasteiger partial charge in [0.05, 0.1) is 0 Å². The molecule has 0 atom stereocenters. The average Bonchev–Trinajstić information content (AvgIpc) is 2.18. The largest absolute Gasteiger partial charge is 0.444 e. The van der Waals surface area contributed by atoms with Crippen LogP contribution in [0.15, 0.2) is 0 Å². The van der Waals surface area contributed by atoms with Crippen LogP contribution in [0.1, 0.15) is 34.1 Å². The van der Waals surface area contributed by atoms with Gasteiger partial charge in [0.1, 0.15) is 12.1 Å². The summed E-state index contributed by atoms with van der Waals surface area (Å²) in [6.45, 7) is 6.06. The van der Waals surface area contributed by atoms with Crippen LogP contribution in [0.3, 0.4) is 0 Å². The predicted molar refractivity (Wildman–Crippen MR) is 65.0 cm³/mol. The molecule has 0 spiro atoms. The Kier molecular flexibility index (Phi) is 7.18. The molecular formula is C12H22F3NO3. The van der Waals surface area contributed by atoms with Crippen molar-refractivity contribution in [2.24, 2.45) is 0 Å². The van der Waals surface area contributed by atoms with E-state index in [1.54, 1.807) is 27.7 Å². The van der Waals surface area contributed by atoms with E-state index in [1.807, 2.05) is 0 Å². The molecular weight excluding hydrogens is 263 g/mol. The second kappa shape index (κ2) is 7.57. The summed E-state index contributed by atoms with van der Waals surface area (Å²) >= 11 is 0. The van der Waals surface area contributed by atoms with E-state index in [0.717, 1.165) is 0 Å². The van der Waals surface area contributed by atoms with Crippen molar-refractivity contribution in [3.8, 4) is 0 Å². The Balaban J connectivity index is 4.44. The molecule has 0 aliphatic carbocycles. The molecule has 0 aliphatic rings. The zero-order valence-electron chi connectivity index (χ0n) is 11.8. The van der Waals surface area contributed by atoms with Crippen LogP contribution in [-0.2, 0) is 9.47 Å². The minimum Gasteiger partial charge on any atom is -0.444 e. The van der Waals surface area contributed by atoms with E-state index in [4.69, 9.17) is 9.47 Å². The first-order valence-electron chi connectivity index (χ1n) is 6.17. The number of hydrogen-bond acceptors (Lipinski definition) is 3. The molecule has 0 saturated heterocycles. The molecule has 0 fully saturated rings. The monoisotopic (exact) mass is 285 g/mol. The van der Waals surface area contributed by atoms with Crippen LogP contribution in [0.4, 0.5) is 18.0 Å². The lowest BCUT2D eigenvalue weighted by Gasteiger charge is -2.28. The minimum atomic E-state index is -4.44. The highest BCUT2D eigenvalue weighted by Gasteiger charge is 2.34. The third-order valence-corrected chi connectivity index (χ3v) is 1.94. The van der Waals surface area contributed by atoms with Gasteiger partial charge in [-0.1, -0.05) is 0 Å². The highest BCUT2D eigenvalue weighted by atomic mass is 19.4. The van der Waals surface area contributed by atoms with Gasteiger partial charge in [0.25, 0.3) is 0 Å². The molecule has 0 unspecified atom stereocenters. The lowest BCUT2D eigenvalue weighted by atomic mass is 10.2. The molecule has 114 valence electrons. The molecule has 0 N–H and O–H groups in total. The standard InChI is InChI=1S/C12H22F3NO3/c1-5-18-8-6-7-16(9-12(13,14)15)10(17)19-11(2,3)4/h5-9H2,1-4H3. The summed E-state index contributed by atoms with van der Waals surface area (Å²) in [5.74, 6) is 0. The van der Waals surface area contributed by atoms with Crippen LogP contribution in [0, 0.1) is 0 Å². The Bertz CT molecular complexity index is 274. The van der Waals surface area contributed by atoms with Crippen molar-refractivity contribution < 1.29 is 27.4 Å². The Hall–Kier alpha value is -0.980. The smallest absolute Gasteiger partial charge is 0.410 e. The van der Waals surface area contributed by atoms with Crippen LogP contribution >= 0.6 is 0 Å². The molecule has 0 aromatic rings. The summed E-state index contributed by atoms with van der Waals surface area (Å²) in [4.78, 5) is 12.3. The fourth-order valence-corrected chi connectivity index (χ4v) is 1.28. The van der Waals surface area contributed by atoms with Crippen LogP contribution in [0.5, 0.6) is 0 Å². The minimum absolute atomic E-state index is 0.0472. The summed E-state index contributed by atoms with van der Waals surface area (Å²) in [6, 6.07) is 0. The Labute approximate surface area is 111 Å². The van der Waals surface area contributed by atoms with Crippen LogP contribution in [0.2, 0.25) is 0 Å². The number of amides is 1. The molecule has 0 aromatic carbocycles. The molecule has 0 aliphatic heterocycles. The fourth-order valence-electron chi connectivity index (χ4n) is 1.28. The lowest BCUT2D eigenvalue weighted by molar-refractivity contribution is -0.144. The van der Waals surface area contributed by atoms with Crippen LogP contribution < -0.4 is 0 Å². The number of halogens is 3. The van der Waals surface area contributed by atoms with E-state index in [2.05, 4.69) is 0 Å². The van der Waals surface area contributed by atoms with Gasteiger partial charge in [-0.05, 0) is 34.1 Å². The summed E-state index contributed by atoms with van der Waals surface area (Å²) in [6.07, 6.45) is -5.06. The first kappa shape index (κ1) is 18.0. The van der Waals surface area contributed by atoms with E-state index in [0.29, 0.717) is 24.5 Å². The maximum Gasteiger partial charge on any atom is 0.410 e. The van der Waals surface area contributed by atoms with Crippen LogP contribution in [0.25, 0.3) is 0 Å². The van der Waals surface area contributed by atoms with Gasteiger partial charge in [0.2, 0.25) is 0 Å². The van der Waals surface area contributed by atoms with Gasteiger partial charge in [-0.3, -0.25) is 4.90 Å². The summed E-state index contributed by atoms with van der Waals surface area (Å²) in [7, 11) is 0. The van der Waals surface area contributed by atoms with E-state index >= 15 is 0 Å². The Morgan fingerprint density at radius 1 is 1.21 bits per heavy atom. The number of nitrogens with zero attached hydrogens (tertiary/aromatic N) is 1. The Morgan fingerprint density at radius 2 is 1.79 bits per heavy atom. The first-order valence-corrected chi connectivity index (χ1v) is 6.17. The highest BCUT2D eigenvalue weighted by molar-refractivity contribution is 5.68. The summed E-state index contributed by atoms with van der Waals surface area (Å²) in [5, 5.41) is 0. The van der Waals surface area contributed by atoms with Crippen LogP contribution in [-0.4, -0.2) is 49.1 Å². The van der Waals surface area contributed by atoms with Gasteiger partial charge >= 0.3 is 12.3 Å². The Morgan fingerprint density at radius 3 is 2.21 bits per heavy atom. The van der Waals surface area contributed by atoms with Gasteiger partial charge < -0.3 is 9.47 Å². The topological polar surface area (TPSA) is 38.8 Å². The zero-order valence-corrected chi connectivity index (χ0v) is 11.8. The van der Waals surface area contributed by atoms with Crippen molar-refractivity contribution in [1.29, 1.82) is 0 Å². The molecule has 0 rings (SSSR count). The quantitative estimate of drug-likeness (QED) is 0.703. The van der Waals surface area contributed by atoms with Gasteiger partial charge in [0, 0.05) is 19.8 Å². The number of ether oxygens (including phenoxy) is 2. The van der Waals surface area contributed by atoms with Gasteiger partial charge in [-0.25, -0.2) is 4.79 Å². The predicted octanol–water partition coefficient (Wildman–Crippen LogP) is 3.21. The maximum atomic E-state index is 12.4. The normalized spacial score (nSPS) is 12.4. The number of rotatable bonds is 6. The molecule has 0 radical (unpaired) electrons. The van der Waals surface area contributed by atoms with Gasteiger partial charge in [-0.15, -0.1) is 0 Å². The molecule has 0 aromatic heterocycles. The van der Waals surface area contributed by atoms with E-state index in [-0.39, 0.29) is 6.54 Å². The molecule has 4 nitrogen and oxygen atoms in total.